The van der Waals surface area contributed by atoms with Crippen LogP contribution in [0.25, 0.3) is 11.1 Å². The van der Waals surface area contributed by atoms with Crippen LogP contribution in [-0.2, 0) is 23.7 Å². The number of alkyl halides is 1. The highest BCUT2D eigenvalue weighted by atomic mass is 19.1. The SMILES string of the molecule is O=C(NCCCOCCOCCOCCOCCF)OCC1c2ccccc2-c2ccccc21. The van der Waals surface area contributed by atoms with Gasteiger partial charge in [0.25, 0.3) is 0 Å². The molecular formula is C26H34FNO6. The predicted molar refractivity (Wildman–Crippen MR) is 127 cm³/mol. The molecule has 1 aliphatic rings. The summed E-state index contributed by atoms with van der Waals surface area (Å²) in [5.74, 6) is 0.0570. The Bertz CT molecular complexity index is 819. The van der Waals surface area contributed by atoms with Crippen molar-refractivity contribution in [2.45, 2.75) is 12.3 Å². The van der Waals surface area contributed by atoms with E-state index in [1.807, 2.05) is 24.3 Å². The van der Waals surface area contributed by atoms with E-state index in [2.05, 4.69) is 29.6 Å². The molecule has 2 aromatic rings. The summed E-state index contributed by atoms with van der Waals surface area (Å²) < 4.78 is 38.5. The van der Waals surface area contributed by atoms with Gasteiger partial charge in [-0.3, -0.25) is 0 Å². The lowest BCUT2D eigenvalue weighted by Gasteiger charge is -2.14. The van der Waals surface area contributed by atoms with Crippen LogP contribution in [0.3, 0.4) is 0 Å². The number of halogens is 1. The van der Waals surface area contributed by atoms with Gasteiger partial charge < -0.3 is 29.0 Å². The summed E-state index contributed by atoms with van der Waals surface area (Å²) in [6.07, 6.45) is 0.270. The Morgan fingerprint density at radius 2 is 1.24 bits per heavy atom. The van der Waals surface area contributed by atoms with Crippen LogP contribution in [0.2, 0.25) is 0 Å². The molecule has 2 aromatic carbocycles. The van der Waals surface area contributed by atoms with E-state index in [0.717, 1.165) is 0 Å². The van der Waals surface area contributed by atoms with Crippen molar-refractivity contribution in [3.63, 3.8) is 0 Å². The standard InChI is InChI=1S/C26H34FNO6/c27-10-13-31-15-17-33-19-18-32-16-14-30-12-5-11-28-26(29)34-20-25-23-8-3-1-6-21(23)22-7-2-4-9-24(22)25/h1-4,6-9,25H,5,10-20H2,(H,28,29). The lowest BCUT2D eigenvalue weighted by Crippen LogP contribution is -2.27. The summed E-state index contributed by atoms with van der Waals surface area (Å²) >= 11 is 0. The molecule has 1 aliphatic carbocycles. The van der Waals surface area contributed by atoms with Crippen molar-refractivity contribution in [3.05, 3.63) is 59.7 Å². The van der Waals surface area contributed by atoms with E-state index < -0.39 is 12.8 Å². The summed E-state index contributed by atoms with van der Waals surface area (Å²) in [6, 6.07) is 16.5. The Hall–Kier alpha value is -2.52. The van der Waals surface area contributed by atoms with Crippen molar-refractivity contribution >= 4 is 6.09 Å². The van der Waals surface area contributed by atoms with Gasteiger partial charge in [-0.25, -0.2) is 9.18 Å². The zero-order valence-electron chi connectivity index (χ0n) is 19.5. The highest BCUT2D eigenvalue weighted by molar-refractivity contribution is 5.79. The van der Waals surface area contributed by atoms with Gasteiger partial charge >= 0.3 is 6.09 Å². The minimum Gasteiger partial charge on any atom is -0.449 e. The molecule has 1 amide bonds. The van der Waals surface area contributed by atoms with Crippen molar-refractivity contribution in [2.75, 3.05) is 72.7 Å². The van der Waals surface area contributed by atoms with Gasteiger partial charge in [0, 0.05) is 19.1 Å². The van der Waals surface area contributed by atoms with E-state index in [1.54, 1.807) is 0 Å². The fourth-order valence-corrected chi connectivity index (χ4v) is 3.83. The molecule has 0 fully saturated rings. The molecule has 0 aromatic heterocycles. The number of benzene rings is 2. The molecule has 0 atom stereocenters. The van der Waals surface area contributed by atoms with Crippen molar-refractivity contribution < 1.29 is 32.9 Å². The number of nitrogens with one attached hydrogen (secondary N) is 1. The third kappa shape index (κ3) is 8.36. The second-order valence-electron chi connectivity index (χ2n) is 7.74. The van der Waals surface area contributed by atoms with Crippen molar-refractivity contribution in [1.29, 1.82) is 0 Å². The van der Waals surface area contributed by atoms with Gasteiger partial charge in [0.15, 0.2) is 0 Å². The number of alkyl carbamates (subject to hydrolysis) is 1. The molecule has 0 aliphatic heterocycles. The van der Waals surface area contributed by atoms with Gasteiger partial charge in [0.05, 0.1) is 46.2 Å². The van der Waals surface area contributed by atoms with Crippen LogP contribution in [0, 0.1) is 0 Å². The summed E-state index contributed by atoms with van der Waals surface area (Å²) in [5.41, 5.74) is 4.81. The molecular weight excluding hydrogens is 441 g/mol. The number of ether oxygens (including phenoxy) is 5. The lowest BCUT2D eigenvalue weighted by atomic mass is 9.98. The third-order valence-electron chi connectivity index (χ3n) is 5.42. The number of carbonyl (C=O) groups excluding carboxylic acids is 1. The molecule has 0 bridgehead atoms. The van der Waals surface area contributed by atoms with E-state index in [4.69, 9.17) is 23.7 Å². The first-order valence-electron chi connectivity index (χ1n) is 11.8. The predicted octanol–water partition coefficient (Wildman–Crippen LogP) is 3.95. The van der Waals surface area contributed by atoms with Gasteiger partial charge in [-0.05, 0) is 28.7 Å². The van der Waals surface area contributed by atoms with Gasteiger partial charge in [-0.2, -0.15) is 0 Å². The molecule has 0 saturated heterocycles. The van der Waals surface area contributed by atoms with Crippen molar-refractivity contribution in [1.82, 2.24) is 5.32 Å². The Kier molecular flexibility index (Phi) is 11.8. The van der Waals surface area contributed by atoms with Crippen LogP contribution in [0.1, 0.15) is 23.5 Å². The molecule has 0 saturated carbocycles. The van der Waals surface area contributed by atoms with E-state index in [9.17, 15) is 9.18 Å². The van der Waals surface area contributed by atoms with Gasteiger partial charge in [-0.1, -0.05) is 48.5 Å². The van der Waals surface area contributed by atoms with Crippen LogP contribution < -0.4 is 5.32 Å². The maximum Gasteiger partial charge on any atom is 0.407 e. The quantitative estimate of drug-likeness (QED) is 0.349. The van der Waals surface area contributed by atoms with Gasteiger partial charge in [0.1, 0.15) is 13.3 Å². The smallest absolute Gasteiger partial charge is 0.407 e. The number of hydrogen-bond acceptors (Lipinski definition) is 6. The van der Waals surface area contributed by atoms with Crippen LogP contribution in [0.4, 0.5) is 9.18 Å². The maximum atomic E-state index is 12.1. The van der Waals surface area contributed by atoms with Gasteiger partial charge in [-0.15, -0.1) is 0 Å². The van der Waals surface area contributed by atoms with Gasteiger partial charge in [0.2, 0.25) is 0 Å². The van der Waals surface area contributed by atoms with Crippen LogP contribution in [0.15, 0.2) is 48.5 Å². The fraction of sp³-hybridized carbons (Fsp3) is 0.500. The molecule has 1 N–H and O–H groups in total. The second-order valence-corrected chi connectivity index (χ2v) is 7.74. The van der Waals surface area contributed by atoms with Crippen molar-refractivity contribution in [3.8, 4) is 11.1 Å². The zero-order chi connectivity index (χ0) is 23.8. The largest absolute Gasteiger partial charge is 0.449 e. The molecule has 186 valence electrons. The van der Waals surface area contributed by atoms with Crippen LogP contribution in [0.5, 0.6) is 0 Å². The summed E-state index contributed by atoms with van der Waals surface area (Å²) in [7, 11) is 0. The number of rotatable bonds is 17. The molecule has 8 heteroatoms. The Balaban J connectivity index is 1.18. The minimum atomic E-state index is -0.478. The van der Waals surface area contributed by atoms with E-state index >= 15 is 0 Å². The van der Waals surface area contributed by atoms with Crippen LogP contribution >= 0.6 is 0 Å². The maximum absolute atomic E-state index is 12.1. The first kappa shape index (κ1) is 26.1. The first-order valence-corrected chi connectivity index (χ1v) is 11.8. The van der Waals surface area contributed by atoms with Crippen LogP contribution in [-0.4, -0.2) is 78.8 Å². The van der Waals surface area contributed by atoms with E-state index in [0.29, 0.717) is 65.8 Å². The first-order chi connectivity index (χ1) is 16.8. The zero-order valence-corrected chi connectivity index (χ0v) is 19.5. The normalized spacial score (nSPS) is 12.4. The Morgan fingerprint density at radius 3 is 1.79 bits per heavy atom. The molecule has 0 radical (unpaired) electrons. The Labute approximate surface area is 200 Å². The molecule has 7 nitrogen and oxygen atoms in total. The molecule has 0 unspecified atom stereocenters. The topological polar surface area (TPSA) is 75.3 Å². The second kappa shape index (κ2) is 15.4. The average molecular weight is 476 g/mol. The molecule has 0 spiro atoms. The fourth-order valence-electron chi connectivity index (χ4n) is 3.83. The number of amides is 1. The number of carbonyl (C=O) groups is 1. The third-order valence-corrected chi connectivity index (χ3v) is 5.42. The summed E-state index contributed by atoms with van der Waals surface area (Å²) in [5, 5.41) is 2.78. The number of hydrogen-bond donors (Lipinski definition) is 1. The minimum absolute atomic E-state index is 0.0570. The van der Waals surface area contributed by atoms with Crippen molar-refractivity contribution in [2.24, 2.45) is 0 Å². The van der Waals surface area contributed by atoms with E-state index in [1.165, 1.54) is 22.3 Å². The van der Waals surface area contributed by atoms with E-state index in [-0.39, 0.29) is 12.5 Å². The lowest BCUT2D eigenvalue weighted by molar-refractivity contribution is -0.00311. The molecule has 3 rings (SSSR count). The number of fused-ring (bicyclic) bond motifs is 3. The average Bonchev–Trinajstić information content (AvgIpc) is 3.19. The molecule has 34 heavy (non-hydrogen) atoms. The molecule has 0 heterocycles. The monoisotopic (exact) mass is 475 g/mol. The highest BCUT2D eigenvalue weighted by Gasteiger charge is 2.28. The summed E-state index contributed by atoms with van der Waals surface area (Å²) in [4.78, 5) is 12.1. The Morgan fingerprint density at radius 1 is 0.735 bits per heavy atom. The highest BCUT2D eigenvalue weighted by Crippen LogP contribution is 2.44. The summed E-state index contributed by atoms with van der Waals surface area (Å²) in [6.45, 7) is 3.64.